The van der Waals surface area contributed by atoms with Gasteiger partial charge in [-0.05, 0) is 43.9 Å². The molecule has 3 aromatic rings. The second kappa shape index (κ2) is 6.81. The van der Waals surface area contributed by atoms with Gasteiger partial charge in [0.2, 0.25) is 0 Å². The molecule has 4 rings (SSSR count). The third-order valence-corrected chi connectivity index (χ3v) is 6.24. The van der Waals surface area contributed by atoms with Crippen LogP contribution in [0.3, 0.4) is 0 Å². The van der Waals surface area contributed by atoms with Crippen LogP contribution in [0.25, 0.3) is 10.2 Å². The number of nitrogens with zero attached hydrogens (tertiary/aromatic N) is 3. The van der Waals surface area contributed by atoms with Gasteiger partial charge in [0.15, 0.2) is 0 Å². The number of likely N-dealkylation sites (tertiary alicyclic amines) is 1. The van der Waals surface area contributed by atoms with Crippen LogP contribution in [0.15, 0.2) is 30.3 Å². The van der Waals surface area contributed by atoms with E-state index in [4.69, 9.17) is 11.6 Å². The normalized spacial score (nSPS) is 15.0. The first kappa shape index (κ1) is 16.6. The standard InChI is InChI=1S/C19H20ClN3OS/c1-13-15-11-17(18(24)22-9-5-2-6-10-22)25-19(15)23(21-13)12-14-7-3-4-8-16(14)20/h3-4,7-8,11H,2,5-6,9-10,12H2,1H3. The van der Waals surface area contributed by atoms with Crippen LogP contribution in [0.2, 0.25) is 5.02 Å². The third-order valence-electron chi connectivity index (χ3n) is 4.74. The molecular weight excluding hydrogens is 354 g/mol. The van der Waals surface area contributed by atoms with E-state index in [1.54, 1.807) is 0 Å². The number of fused-ring (bicyclic) bond motifs is 1. The first-order chi connectivity index (χ1) is 12.1. The molecule has 2 aromatic heterocycles. The Bertz CT molecular complexity index is 924. The topological polar surface area (TPSA) is 38.1 Å². The molecule has 25 heavy (non-hydrogen) atoms. The first-order valence-electron chi connectivity index (χ1n) is 8.63. The Labute approximate surface area is 156 Å². The van der Waals surface area contributed by atoms with Gasteiger partial charge in [0.1, 0.15) is 4.83 Å². The summed E-state index contributed by atoms with van der Waals surface area (Å²) in [6.45, 7) is 4.35. The fourth-order valence-corrected chi connectivity index (χ4v) is 4.69. The van der Waals surface area contributed by atoms with Crippen molar-refractivity contribution in [2.75, 3.05) is 13.1 Å². The molecule has 0 unspecified atom stereocenters. The van der Waals surface area contributed by atoms with Gasteiger partial charge in [-0.15, -0.1) is 11.3 Å². The van der Waals surface area contributed by atoms with Crippen LogP contribution >= 0.6 is 22.9 Å². The summed E-state index contributed by atoms with van der Waals surface area (Å²) in [6.07, 6.45) is 3.44. The Morgan fingerprint density at radius 1 is 1.24 bits per heavy atom. The zero-order valence-electron chi connectivity index (χ0n) is 14.2. The molecule has 4 nitrogen and oxygen atoms in total. The molecule has 1 aromatic carbocycles. The zero-order chi connectivity index (χ0) is 17.4. The summed E-state index contributed by atoms with van der Waals surface area (Å²) in [6, 6.07) is 9.82. The second-order valence-electron chi connectivity index (χ2n) is 6.52. The minimum atomic E-state index is 0.157. The molecule has 0 spiro atoms. The second-order valence-corrected chi connectivity index (χ2v) is 7.95. The largest absolute Gasteiger partial charge is 0.338 e. The Morgan fingerprint density at radius 3 is 2.76 bits per heavy atom. The zero-order valence-corrected chi connectivity index (χ0v) is 15.7. The summed E-state index contributed by atoms with van der Waals surface area (Å²) in [7, 11) is 0. The lowest BCUT2D eigenvalue weighted by molar-refractivity contribution is 0.0729. The van der Waals surface area contributed by atoms with Gasteiger partial charge in [-0.1, -0.05) is 29.8 Å². The molecule has 0 radical (unpaired) electrons. The Balaban J connectivity index is 1.66. The highest BCUT2D eigenvalue weighted by Gasteiger charge is 2.22. The molecule has 0 N–H and O–H groups in total. The smallest absolute Gasteiger partial charge is 0.264 e. The van der Waals surface area contributed by atoms with E-state index >= 15 is 0 Å². The van der Waals surface area contributed by atoms with Gasteiger partial charge in [-0.3, -0.25) is 9.48 Å². The number of carbonyl (C=O) groups excluding carboxylic acids is 1. The number of hydrogen-bond donors (Lipinski definition) is 0. The molecule has 6 heteroatoms. The number of thiophene rings is 1. The van der Waals surface area contributed by atoms with Crippen LogP contribution in [-0.2, 0) is 6.54 Å². The molecule has 130 valence electrons. The number of aryl methyl sites for hydroxylation is 1. The quantitative estimate of drug-likeness (QED) is 0.665. The molecule has 1 fully saturated rings. The lowest BCUT2D eigenvalue weighted by Gasteiger charge is -2.26. The lowest BCUT2D eigenvalue weighted by Crippen LogP contribution is -2.35. The summed E-state index contributed by atoms with van der Waals surface area (Å²) in [5.74, 6) is 0.157. The summed E-state index contributed by atoms with van der Waals surface area (Å²) in [5.41, 5.74) is 1.99. The predicted molar refractivity (Wildman–Crippen MR) is 103 cm³/mol. The number of halogens is 1. The van der Waals surface area contributed by atoms with Crippen molar-refractivity contribution in [2.24, 2.45) is 0 Å². The van der Waals surface area contributed by atoms with Crippen LogP contribution < -0.4 is 0 Å². The number of hydrogen-bond acceptors (Lipinski definition) is 3. The molecule has 0 saturated carbocycles. The summed E-state index contributed by atoms with van der Waals surface area (Å²) in [4.78, 5) is 16.6. The van der Waals surface area contributed by atoms with Crippen LogP contribution in [-0.4, -0.2) is 33.7 Å². The molecule has 0 bridgehead atoms. The molecule has 1 aliphatic rings. The van der Waals surface area contributed by atoms with Crippen molar-refractivity contribution in [3.8, 4) is 0 Å². The highest BCUT2D eigenvalue weighted by atomic mass is 35.5. The van der Waals surface area contributed by atoms with Crippen molar-refractivity contribution < 1.29 is 4.79 Å². The average molecular weight is 374 g/mol. The van der Waals surface area contributed by atoms with E-state index in [0.29, 0.717) is 6.54 Å². The van der Waals surface area contributed by atoms with E-state index in [0.717, 1.165) is 57.3 Å². The monoisotopic (exact) mass is 373 g/mol. The summed E-state index contributed by atoms with van der Waals surface area (Å²) >= 11 is 7.83. The van der Waals surface area contributed by atoms with Gasteiger partial charge in [-0.25, -0.2) is 0 Å². The molecule has 0 aliphatic carbocycles. The highest BCUT2D eigenvalue weighted by molar-refractivity contribution is 7.20. The number of benzene rings is 1. The van der Waals surface area contributed by atoms with E-state index in [1.165, 1.54) is 17.8 Å². The maximum atomic E-state index is 12.8. The fourth-order valence-electron chi connectivity index (χ4n) is 3.37. The van der Waals surface area contributed by atoms with Crippen molar-refractivity contribution in [1.82, 2.24) is 14.7 Å². The molecular formula is C19H20ClN3OS. The number of carbonyl (C=O) groups is 1. The third kappa shape index (κ3) is 3.18. The van der Waals surface area contributed by atoms with Gasteiger partial charge in [-0.2, -0.15) is 5.10 Å². The van der Waals surface area contributed by atoms with Gasteiger partial charge in [0.25, 0.3) is 5.91 Å². The average Bonchev–Trinajstić information content (AvgIpc) is 3.19. The Kier molecular flexibility index (Phi) is 4.52. The maximum absolute atomic E-state index is 12.8. The van der Waals surface area contributed by atoms with Gasteiger partial charge < -0.3 is 4.90 Å². The molecule has 3 heterocycles. The van der Waals surface area contributed by atoms with Gasteiger partial charge in [0.05, 0.1) is 17.1 Å². The van der Waals surface area contributed by atoms with Crippen molar-refractivity contribution >= 4 is 39.1 Å². The molecule has 1 aliphatic heterocycles. The summed E-state index contributed by atoms with van der Waals surface area (Å²) in [5, 5.41) is 6.45. The lowest BCUT2D eigenvalue weighted by atomic mass is 10.1. The fraction of sp³-hybridized carbons (Fsp3) is 0.368. The van der Waals surface area contributed by atoms with E-state index in [1.807, 2.05) is 46.8 Å². The van der Waals surface area contributed by atoms with Crippen LogP contribution in [0, 0.1) is 6.92 Å². The van der Waals surface area contributed by atoms with E-state index in [9.17, 15) is 4.79 Å². The number of rotatable bonds is 3. The van der Waals surface area contributed by atoms with Crippen molar-refractivity contribution in [3.05, 3.63) is 51.5 Å². The molecule has 1 amide bonds. The van der Waals surface area contributed by atoms with Gasteiger partial charge >= 0.3 is 0 Å². The Hall–Kier alpha value is -1.85. The van der Waals surface area contributed by atoms with Crippen LogP contribution in [0.1, 0.15) is 40.2 Å². The SMILES string of the molecule is Cc1nn(Cc2ccccc2Cl)c2sc(C(=O)N3CCCCC3)cc12. The van der Waals surface area contributed by atoms with Crippen LogP contribution in [0.4, 0.5) is 0 Å². The van der Waals surface area contributed by atoms with Gasteiger partial charge in [0, 0.05) is 23.5 Å². The van der Waals surface area contributed by atoms with Crippen molar-refractivity contribution in [1.29, 1.82) is 0 Å². The molecule has 0 atom stereocenters. The van der Waals surface area contributed by atoms with E-state index in [2.05, 4.69) is 5.10 Å². The highest BCUT2D eigenvalue weighted by Crippen LogP contribution is 2.31. The van der Waals surface area contributed by atoms with Crippen molar-refractivity contribution in [2.45, 2.75) is 32.7 Å². The minimum absolute atomic E-state index is 0.157. The summed E-state index contributed by atoms with van der Waals surface area (Å²) < 4.78 is 1.96. The Morgan fingerprint density at radius 2 is 2.00 bits per heavy atom. The number of piperidine rings is 1. The van der Waals surface area contributed by atoms with Crippen LogP contribution in [0.5, 0.6) is 0 Å². The van der Waals surface area contributed by atoms with Crippen molar-refractivity contribution in [3.63, 3.8) is 0 Å². The maximum Gasteiger partial charge on any atom is 0.264 e. The minimum Gasteiger partial charge on any atom is -0.338 e. The number of aromatic nitrogens is 2. The molecule has 1 saturated heterocycles. The first-order valence-corrected chi connectivity index (χ1v) is 9.82. The predicted octanol–water partition coefficient (Wildman–Crippen LogP) is 4.73. The number of amides is 1. The van der Waals surface area contributed by atoms with E-state index < -0.39 is 0 Å². The van der Waals surface area contributed by atoms with E-state index in [-0.39, 0.29) is 5.91 Å².